The topological polar surface area (TPSA) is 105 Å². The second-order valence-electron chi connectivity index (χ2n) is 7.96. The van der Waals surface area contributed by atoms with Gasteiger partial charge in [0.1, 0.15) is 5.00 Å². The van der Waals surface area contributed by atoms with Gasteiger partial charge in [-0.2, -0.15) is 0 Å². The number of esters is 1. The summed E-state index contributed by atoms with van der Waals surface area (Å²) in [7, 11) is 4.49. The van der Waals surface area contributed by atoms with Gasteiger partial charge in [-0.05, 0) is 30.8 Å². The number of nitrogens with zero attached hydrogens (tertiary/aromatic N) is 1. The number of thiophene rings is 1. The van der Waals surface area contributed by atoms with Crippen LogP contribution >= 0.6 is 23.6 Å². The second-order valence-corrected chi connectivity index (χ2v) is 9.39. The van der Waals surface area contributed by atoms with Gasteiger partial charge in [-0.25, -0.2) is 4.79 Å². The maximum atomic E-state index is 13.2. The van der Waals surface area contributed by atoms with Crippen LogP contribution in [0.5, 0.6) is 0 Å². The van der Waals surface area contributed by atoms with Gasteiger partial charge >= 0.3 is 5.97 Å². The molecular formula is C25H21N3O5S2. The zero-order valence-electron chi connectivity index (χ0n) is 19.3. The zero-order chi connectivity index (χ0) is 25.4. The average Bonchev–Trinajstić information content (AvgIpc) is 3.16. The Morgan fingerprint density at radius 1 is 0.943 bits per heavy atom. The number of fused-ring (bicyclic) bond motifs is 2. The van der Waals surface area contributed by atoms with Crippen LogP contribution in [-0.4, -0.2) is 54.7 Å². The molecule has 0 radical (unpaired) electrons. The lowest BCUT2D eigenvalue weighted by atomic mass is 9.83. The lowest BCUT2D eigenvalue weighted by molar-refractivity contribution is 0.0601. The normalized spacial score (nSPS) is 11.9. The number of carbonyl (C=O) groups excluding carboxylic acids is 4. The van der Waals surface area contributed by atoms with Crippen molar-refractivity contribution < 1.29 is 23.9 Å². The summed E-state index contributed by atoms with van der Waals surface area (Å²) in [6.45, 7) is 1.66. The number of hydrogen-bond acceptors (Lipinski definition) is 7. The first kappa shape index (κ1) is 24.2. The molecule has 35 heavy (non-hydrogen) atoms. The summed E-state index contributed by atoms with van der Waals surface area (Å²) in [6, 6.07) is 11.6. The van der Waals surface area contributed by atoms with Crippen LogP contribution in [0.4, 0.5) is 10.7 Å². The van der Waals surface area contributed by atoms with E-state index in [2.05, 4.69) is 10.6 Å². The Morgan fingerprint density at radius 2 is 1.57 bits per heavy atom. The highest BCUT2D eigenvalue weighted by atomic mass is 32.1. The van der Waals surface area contributed by atoms with Crippen LogP contribution in [0.3, 0.4) is 0 Å². The highest BCUT2D eigenvalue weighted by Crippen LogP contribution is 2.35. The fourth-order valence-electron chi connectivity index (χ4n) is 3.86. The van der Waals surface area contributed by atoms with Crippen molar-refractivity contribution in [3.63, 3.8) is 0 Å². The molecule has 1 aliphatic carbocycles. The summed E-state index contributed by atoms with van der Waals surface area (Å²) in [5.41, 5.74) is 2.21. The Hall–Kier alpha value is -3.89. The van der Waals surface area contributed by atoms with Gasteiger partial charge in [-0.3, -0.25) is 14.4 Å². The van der Waals surface area contributed by atoms with Crippen molar-refractivity contribution in [3.8, 4) is 0 Å². The number of methoxy groups -OCH3 is 1. The molecule has 0 bridgehead atoms. The van der Waals surface area contributed by atoms with Crippen LogP contribution in [0, 0.1) is 6.92 Å². The fourth-order valence-corrected chi connectivity index (χ4v) is 5.36. The van der Waals surface area contributed by atoms with Crippen molar-refractivity contribution in [2.45, 2.75) is 6.92 Å². The number of anilines is 2. The first-order valence-corrected chi connectivity index (χ1v) is 11.7. The van der Waals surface area contributed by atoms with E-state index in [0.29, 0.717) is 32.3 Å². The number of thiocarbonyl (C=S) groups is 1. The molecule has 0 fully saturated rings. The predicted molar refractivity (Wildman–Crippen MR) is 138 cm³/mol. The summed E-state index contributed by atoms with van der Waals surface area (Å²) < 4.78 is 4.90. The van der Waals surface area contributed by atoms with Crippen LogP contribution < -0.4 is 10.6 Å². The number of amides is 1. The number of ketones is 2. The van der Waals surface area contributed by atoms with E-state index in [-0.39, 0.29) is 39.3 Å². The van der Waals surface area contributed by atoms with Crippen molar-refractivity contribution >= 4 is 62.8 Å². The van der Waals surface area contributed by atoms with Gasteiger partial charge in [0.05, 0.1) is 28.8 Å². The van der Waals surface area contributed by atoms with E-state index in [0.717, 1.165) is 11.3 Å². The molecule has 0 spiro atoms. The van der Waals surface area contributed by atoms with E-state index >= 15 is 0 Å². The maximum absolute atomic E-state index is 13.2. The molecule has 1 amide bonds. The summed E-state index contributed by atoms with van der Waals surface area (Å²) >= 11 is 6.54. The number of nitrogens with one attached hydrogen (secondary N) is 2. The standard InChI is InChI=1S/C25H21N3O5S2/c1-12-17(24(32)33-4)22(35-21(12)23(31)28(2)3)27-25(34)26-16-11-7-10-15-18(16)20(30)14-9-6-5-8-13(14)19(15)29/h5-11H,1-4H3,(H2,26,27,34). The highest BCUT2D eigenvalue weighted by molar-refractivity contribution is 7.80. The molecule has 4 rings (SSSR count). The quantitative estimate of drug-likeness (QED) is 0.314. The number of rotatable bonds is 4. The molecule has 2 aromatic carbocycles. The van der Waals surface area contributed by atoms with E-state index in [1.54, 1.807) is 63.5 Å². The molecular weight excluding hydrogens is 486 g/mol. The molecule has 0 aliphatic heterocycles. The van der Waals surface area contributed by atoms with Gasteiger partial charge in [-0.1, -0.05) is 36.4 Å². The summed E-state index contributed by atoms with van der Waals surface area (Å²) in [5, 5.41) is 6.33. The largest absolute Gasteiger partial charge is 0.465 e. The van der Waals surface area contributed by atoms with Crippen LogP contribution in [-0.2, 0) is 4.74 Å². The first-order valence-electron chi connectivity index (χ1n) is 10.5. The van der Waals surface area contributed by atoms with Gasteiger partial charge in [0.15, 0.2) is 16.7 Å². The average molecular weight is 508 g/mol. The van der Waals surface area contributed by atoms with Crippen LogP contribution in [0.1, 0.15) is 57.4 Å². The van der Waals surface area contributed by atoms with Gasteiger partial charge in [0.2, 0.25) is 0 Å². The third kappa shape index (κ3) is 4.22. The van der Waals surface area contributed by atoms with E-state index in [9.17, 15) is 19.2 Å². The van der Waals surface area contributed by atoms with Gasteiger partial charge in [-0.15, -0.1) is 11.3 Å². The third-order valence-corrected chi connectivity index (χ3v) is 6.96. The molecule has 1 heterocycles. The Kier molecular flexibility index (Phi) is 6.51. The van der Waals surface area contributed by atoms with Gasteiger partial charge < -0.3 is 20.3 Å². The molecule has 178 valence electrons. The molecule has 0 saturated heterocycles. The smallest absolute Gasteiger partial charge is 0.341 e. The number of hydrogen-bond donors (Lipinski definition) is 2. The minimum absolute atomic E-state index is 0.0766. The molecule has 8 nitrogen and oxygen atoms in total. The zero-order valence-corrected chi connectivity index (χ0v) is 21.0. The molecule has 0 unspecified atom stereocenters. The van der Waals surface area contributed by atoms with Crippen LogP contribution in [0.25, 0.3) is 0 Å². The molecule has 2 N–H and O–H groups in total. The Morgan fingerprint density at radius 3 is 2.20 bits per heavy atom. The monoisotopic (exact) mass is 507 g/mol. The van der Waals surface area contributed by atoms with Crippen molar-refractivity contribution in [1.29, 1.82) is 0 Å². The van der Waals surface area contributed by atoms with Crippen molar-refractivity contribution in [3.05, 3.63) is 80.7 Å². The van der Waals surface area contributed by atoms with Crippen molar-refractivity contribution in [2.24, 2.45) is 0 Å². The van der Waals surface area contributed by atoms with Crippen LogP contribution in [0.15, 0.2) is 42.5 Å². The van der Waals surface area contributed by atoms with Crippen molar-refractivity contribution in [2.75, 3.05) is 31.8 Å². The summed E-state index contributed by atoms with van der Waals surface area (Å²) in [4.78, 5) is 53.0. The molecule has 3 aromatic rings. The number of ether oxygens (including phenoxy) is 1. The summed E-state index contributed by atoms with van der Waals surface area (Å²) in [6.07, 6.45) is 0. The van der Waals surface area contributed by atoms with Gasteiger partial charge in [0.25, 0.3) is 5.91 Å². The Balaban J connectivity index is 1.68. The molecule has 1 aromatic heterocycles. The minimum atomic E-state index is -0.615. The third-order valence-electron chi connectivity index (χ3n) is 5.56. The second kappa shape index (κ2) is 9.40. The minimum Gasteiger partial charge on any atom is -0.465 e. The lowest BCUT2D eigenvalue weighted by Crippen LogP contribution is -2.25. The number of benzene rings is 2. The first-order chi connectivity index (χ1) is 16.6. The fraction of sp³-hybridized carbons (Fsp3) is 0.160. The molecule has 1 aliphatic rings. The lowest BCUT2D eigenvalue weighted by Gasteiger charge is -2.21. The van der Waals surface area contributed by atoms with Gasteiger partial charge in [0, 0.05) is 30.8 Å². The Bertz CT molecular complexity index is 1420. The van der Waals surface area contributed by atoms with E-state index in [1.165, 1.54) is 12.0 Å². The molecule has 0 atom stereocenters. The maximum Gasteiger partial charge on any atom is 0.341 e. The van der Waals surface area contributed by atoms with E-state index in [4.69, 9.17) is 17.0 Å². The molecule has 0 saturated carbocycles. The van der Waals surface area contributed by atoms with E-state index in [1.807, 2.05) is 0 Å². The molecule has 10 heteroatoms. The van der Waals surface area contributed by atoms with Crippen LogP contribution in [0.2, 0.25) is 0 Å². The summed E-state index contributed by atoms with van der Waals surface area (Å²) in [5.74, 6) is -1.41. The van der Waals surface area contributed by atoms with E-state index < -0.39 is 5.97 Å². The number of carbonyl (C=O) groups is 4. The SMILES string of the molecule is COC(=O)c1c(NC(=S)Nc2cccc3c2C(=O)c2ccccc2C3=O)sc(C(=O)N(C)C)c1C. The van der Waals surface area contributed by atoms with Crippen molar-refractivity contribution in [1.82, 2.24) is 4.90 Å². The Labute approximate surface area is 210 Å². The predicted octanol–water partition coefficient (Wildman–Crippen LogP) is 4.13. The highest BCUT2D eigenvalue weighted by Gasteiger charge is 2.32.